The van der Waals surface area contributed by atoms with Crippen molar-refractivity contribution in [3.63, 3.8) is 0 Å². The molecular weight excluding hydrogens is 224 g/mol. The van der Waals surface area contributed by atoms with Gasteiger partial charge in [0.25, 0.3) is 0 Å². The van der Waals surface area contributed by atoms with Crippen molar-refractivity contribution in [2.24, 2.45) is 0 Å². The Balaban J connectivity index is 2.56. The highest BCUT2D eigenvalue weighted by Crippen LogP contribution is 2.21. The standard InChI is InChI=1S/C15H22N2O/c1-5-17-15(4,11-16)9-10-18-14-8-6-7-12(2)13(14)3/h6-8,17H,5,9-10H2,1-4H3. The molecule has 1 aromatic carbocycles. The Hall–Kier alpha value is -1.53. The summed E-state index contributed by atoms with van der Waals surface area (Å²) in [5, 5.41) is 12.3. The minimum atomic E-state index is -0.507. The third kappa shape index (κ3) is 3.75. The molecule has 0 saturated carbocycles. The Labute approximate surface area is 110 Å². The van der Waals surface area contributed by atoms with Gasteiger partial charge in [-0.15, -0.1) is 0 Å². The molecule has 0 radical (unpaired) electrons. The zero-order valence-electron chi connectivity index (χ0n) is 11.7. The minimum absolute atomic E-state index is 0.507. The van der Waals surface area contributed by atoms with Crippen LogP contribution < -0.4 is 10.1 Å². The first-order chi connectivity index (χ1) is 8.52. The van der Waals surface area contributed by atoms with E-state index in [2.05, 4.69) is 31.3 Å². The van der Waals surface area contributed by atoms with Crippen molar-refractivity contribution in [2.45, 2.75) is 39.7 Å². The Morgan fingerprint density at radius 2 is 2.11 bits per heavy atom. The first-order valence-electron chi connectivity index (χ1n) is 6.37. The van der Waals surface area contributed by atoms with E-state index < -0.39 is 5.54 Å². The van der Waals surface area contributed by atoms with Gasteiger partial charge in [0.15, 0.2) is 0 Å². The highest BCUT2D eigenvalue weighted by atomic mass is 16.5. The van der Waals surface area contributed by atoms with Crippen molar-refractivity contribution in [3.05, 3.63) is 29.3 Å². The van der Waals surface area contributed by atoms with E-state index in [9.17, 15) is 0 Å². The summed E-state index contributed by atoms with van der Waals surface area (Å²) in [6, 6.07) is 8.33. The molecule has 0 aromatic heterocycles. The summed E-state index contributed by atoms with van der Waals surface area (Å²) in [6.07, 6.45) is 0.671. The van der Waals surface area contributed by atoms with Gasteiger partial charge in [0, 0.05) is 6.42 Å². The van der Waals surface area contributed by atoms with Crippen LogP contribution in [0.5, 0.6) is 5.75 Å². The van der Waals surface area contributed by atoms with E-state index in [-0.39, 0.29) is 0 Å². The normalized spacial score (nSPS) is 13.7. The number of ether oxygens (including phenoxy) is 1. The molecule has 0 heterocycles. The number of nitriles is 1. The van der Waals surface area contributed by atoms with Gasteiger partial charge in [0.1, 0.15) is 11.3 Å². The van der Waals surface area contributed by atoms with Crippen LogP contribution in [0.4, 0.5) is 0 Å². The third-order valence-corrected chi connectivity index (χ3v) is 3.23. The van der Waals surface area contributed by atoms with Crippen LogP contribution in [0.1, 0.15) is 31.4 Å². The van der Waals surface area contributed by atoms with Crippen LogP contribution >= 0.6 is 0 Å². The van der Waals surface area contributed by atoms with Gasteiger partial charge < -0.3 is 4.74 Å². The average Bonchev–Trinajstić information content (AvgIpc) is 2.35. The van der Waals surface area contributed by atoms with Crippen molar-refractivity contribution in [2.75, 3.05) is 13.2 Å². The van der Waals surface area contributed by atoms with E-state index in [4.69, 9.17) is 10.00 Å². The summed E-state index contributed by atoms with van der Waals surface area (Å²) in [7, 11) is 0. The van der Waals surface area contributed by atoms with Crippen LogP contribution in [-0.2, 0) is 0 Å². The molecule has 1 aromatic rings. The molecule has 98 valence electrons. The second kappa shape index (κ2) is 6.42. The van der Waals surface area contributed by atoms with Crippen molar-refractivity contribution in [1.29, 1.82) is 5.26 Å². The summed E-state index contributed by atoms with van der Waals surface area (Å²) in [5.74, 6) is 0.909. The van der Waals surface area contributed by atoms with Gasteiger partial charge in [-0.1, -0.05) is 19.1 Å². The van der Waals surface area contributed by atoms with Crippen molar-refractivity contribution in [1.82, 2.24) is 5.32 Å². The predicted octanol–water partition coefficient (Wildman–Crippen LogP) is 2.96. The Bertz CT molecular complexity index is 437. The summed E-state index contributed by atoms with van der Waals surface area (Å²) in [4.78, 5) is 0. The van der Waals surface area contributed by atoms with Crippen LogP contribution in [0.3, 0.4) is 0 Å². The minimum Gasteiger partial charge on any atom is -0.493 e. The molecule has 0 aliphatic heterocycles. The number of hydrogen-bond donors (Lipinski definition) is 1. The molecule has 0 saturated heterocycles. The monoisotopic (exact) mass is 246 g/mol. The van der Waals surface area contributed by atoms with Gasteiger partial charge in [0.05, 0.1) is 12.7 Å². The van der Waals surface area contributed by atoms with Crippen LogP contribution in [-0.4, -0.2) is 18.7 Å². The average molecular weight is 246 g/mol. The zero-order chi connectivity index (χ0) is 13.6. The summed E-state index contributed by atoms with van der Waals surface area (Å²) >= 11 is 0. The van der Waals surface area contributed by atoms with E-state index in [1.165, 1.54) is 11.1 Å². The lowest BCUT2D eigenvalue weighted by Gasteiger charge is -2.22. The highest BCUT2D eigenvalue weighted by molar-refractivity contribution is 5.38. The molecule has 3 nitrogen and oxygen atoms in total. The smallest absolute Gasteiger partial charge is 0.122 e. The van der Waals surface area contributed by atoms with Gasteiger partial charge in [-0.2, -0.15) is 5.26 Å². The first-order valence-corrected chi connectivity index (χ1v) is 6.37. The topological polar surface area (TPSA) is 45.0 Å². The molecule has 1 unspecified atom stereocenters. The number of hydrogen-bond acceptors (Lipinski definition) is 3. The summed E-state index contributed by atoms with van der Waals surface area (Å²) < 4.78 is 5.77. The second-order valence-electron chi connectivity index (χ2n) is 4.77. The van der Waals surface area contributed by atoms with Gasteiger partial charge in [-0.3, -0.25) is 5.32 Å². The maximum Gasteiger partial charge on any atom is 0.122 e. The lowest BCUT2D eigenvalue weighted by molar-refractivity contribution is 0.267. The molecule has 1 N–H and O–H groups in total. The number of nitrogens with one attached hydrogen (secondary N) is 1. The van der Waals surface area contributed by atoms with E-state index in [0.29, 0.717) is 13.0 Å². The predicted molar refractivity (Wildman–Crippen MR) is 73.7 cm³/mol. The lowest BCUT2D eigenvalue weighted by Crippen LogP contribution is -2.42. The van der Waals surface area contributed by atoms with E-state index in [1.807, 2.05) is 26.0 Å². The van der Waals surface area contributed by atoms with E-state index in [1.54, 1.807) is 0 Å². The first kappa shape index (κ1) is 14.5. The largest absolute Gasteiger partial charge is 0.493 e. The highest BCUT2D eigenvalue weighted by Gasteiger charge is 2.22. The van der Waals surface area contributed by atoms with Crippen LogP contribution in [0.15, 0.2) is 18.2 Å². The van der Waals surface area contributed by atoms with Gasteiger partial charge in [0.2, 0.25) is 0 Å². The fourth-order valence-corrected chi connectivity index (χ4v) is 1.82. The van der Waals surface area contributed by atoms with Crippen LogP contribution in [0, 0.1) is 25.2 Å². The van der Waals surface area contributed by atoms with Crippen LogP contribution in [0.2, 0.25) is 0 Å². The maximum atomic E-state index is 9.14. The number of benzene rings is 1. The van der Waals surface area contributed by atoms with Crippen molar-refractivity contribution in [3.8, 4) is 11.8 Å². The molecule has 0 spiro atoms. The maximum absolute atomic E-state index is 9.14. The van der Waals surface area contributed by atoms with Crippen LogP contribution in [0.25, 0.3) is 0 Å². The fraction of sp³-hybridized carbons (Fsp3) is 0.533. The van der Waals surface area contributed by atoms with Gasteiger partial charge in [-0.05, 0) is 44.5 Å². The summed E-state index contributed by atoms with van der Waals surface area (Å²) in [5.41, 5.74) is 1.88. The number of rotatable bonds is 6. The Morgan fingerprint density at radius 3 is 2.72 bits per heavy atom. The van der Waals surface area contributed by atoms with E-state index >= 15 is 0 Å². The van der Waals surface area contributed by atoms with Crippen molar-refractivity contribution < 1.29 is 4.74 Å². The Morgan fingerprint density at radius 1 is 1.39 bits per heavy atom. The molecule has 18 heavy (non-hydrogen) atoms. The molecular formula is C15H22N2O. The van der Waals surface area contributed by atoms with Crippen molar-refractivity contribution >= 4 is 0 Å². The SMILES string of the molecule is CCNC(C)(C#N)CCOc1cccc(C)c1C. The number of aryl methyl sites for hydroxylation is 1. The molecule has 0 bridgehead atoms. The second-order valence-corrected chi connectivity index (χ2v) is 4.77. The quantitative estimate of drug-likeness (QED) is 0.839. The third-order valence-electron chi connectivity index (χ3n) is 3.23. The molecule has 0 aliphatic rings. The molecule has 3 heteroatoms. The van der Waals surface area contributed by atoms with E-state index in [0.717, 1.165) is 12.3 Å². The van der Waals surface area contributed by atoms with Gasteiger partial charge in [-0.25, -0.2) is 0 Å². The summed E-state index contributed by atoms with van der Waals surface area (Å²) in [6.45, 7) is 9.36. The molecule has 0 aliphatic carbocycles. The molecule has 0 amide bonds. The molecule has 1 atom stereocenters. The fourth-order valence-electron chi connectivity index (χ4n) is 1.82. The molecule has 1 rings (SSSR count). The molecule has 0 fully saturated rings. The number of nitrogens with zero attached hydrogens (tertiary/aromatic N) is 1. The lowest BCUT2D eigenvalue weighted by atomic mass is 10.0. The Kier molecular flexibility index (Phi) is 5.18. The zero-order valence-corrected chi connectivity index (χ0v) is 11.7. The van der Waals surface area contributed by atoms with Gasteiger partial charge >= 0.3 is 0 Å².